The molecular weight excluding hydrogens is 246 g/mol. The molecule has 2 aromatic carbocycles. The van der Waals surface area contributed by atoms with E-state index >= 15 is 0 Å². The molecule has 1 aromatic heterocycles. The van der Waals surface area contributed by atoms with Crippen molar-refractivity contribution in [2.75, 3.05) is 0 Å². The molecule has 1 N–H and O–H groups in total. The standard InChI is InChI=1S/C18H19NO/c1-2-17-16(15-10-6-7-11-18(15)20-17)13-19-12-14-8-4-3-5-9-14/h3-11,19H,2,12-13H2,1H3. The fraction of sp³-hybridized carbons (Fsp3) is 0.222. The summed E-state index contributed by atoms with van der Waals surface area (Å²) in [4.78, 5) is 0. The van der Waals surface area contributed by atoms with Crippen molar-refractivity contribution in [3.05, 3.63) is 71.5 Å². The van der Waals surface area contributed by atoms with Crippen LogP contribution in [0.15, 0.2) is 59.0 Å². The molecule has 3 aromatic rings. The van der Waals surface area contributed by atoms with E-state index in [2.05, 4.69) is 48.6 Å². The largest absolute Gasteiger partial charge is 0.461 e. The fourth-order valence-electron chi connectivity index (χ4n) is 2.56. The minimum absolute atomic E-state index is 0.842. The maximum atomic E-state index is 5.91. The van der Waals surface area contributed by atoms with Crippen molar-refractivity contribution in [2.24, 2.45) is 0 Å². The zero-order valence-corrected chi connectivity index (χ0v) is 11.7. The van der Waals surface area contributed by atoms with Crippen LogP contribution in [0, 0.1) is 0 Å². The minimum atomic E-state index is 0.842. The van der Waals surface area contributed by atoms with Crippen molar-refractivity contribution in [1.29, 1.82) is 0 Å². The van der Waals surface area contributed by atoms with E-state index in [9.17, 15) is 0 Å². The van der Waals surface area contributed by atoms with Gasteiger partial charge in [-0.15, -0.1) is 0 Å². The normalized spacial score (nSPS) is 11.1. The van der Waals surface area contributed by atoms with Gasteiger partial charge in [-0.05, 0) is 11.6 Å². The molecule has 1 heterocycles. The van der Waals surface area contributed by atoms with Crippen LogP contribution in [0.3, 0.4) is 0 Å². The highest BCUT2D eigenvalue weighted by atomic mass is 16.3. The number of para-hydroxylation sites is 1. The molecule has 0 aliphatic rings. The second kappa shape index (κ2) is 5.93. The zero-order valence-electron chi connectivity index (χ0n) is 11.7. The minimum Gasteiger partial charge on any atom is -0.461 e. The Morgan fingerprint density at radius 1 is 0.900 bits per heavy atom. The van der Waals surface area contributed by atoms with Gasteiger partial charge in [0.2, 0.25) is 0 Å². The highest BCUT2D eigenvalue weighted by molar-refractivity contribution is 5.82. The Labute approximate surface area is 119 Å². The Balaban J connectivity index is 1.77. The van der Waals surface area contributed by atoms with Gasteiger partial charge in [0.25, 0.3) is 0 Å². The fourth-order valence-corrected chi connectivity index (χ4v) is 2.56. The molecule has 0 aliphatic carbocycles. The lowest BCUT2D eigenvalue weighted by Crippen LogP contribution is -2.13. The van der Waals surface area contributed by atoms with Crippen molar-refractivity contribution in [3.63, 3.8) is 0 Å². The summed E-state index contributed by atoms with van der Waals surface area (Å²) in [5.74, 6) is 1.09. The number of aryl methyl sites for hydroxylation is 1. The molecule has 102 valence electrons. The molecule has 2 heteroatoms. The van der Waals surface area contributed by atoms with Crippen molar-refractivity contribution in [2.45, 2.75) is 26.4 Å². The second-order valence-electron chi connectivity index (χ2n) is 4.94. The molecule has 0 unspecified atom stereocenters. The van der Waals surface area contributed by atoms with E-state index < -0.39 is 0 Å². The number of hydrogen-bond donors (Lipinski definition) is 1. The van der Waals surface area contributed by atoms with E-state index in [0.717, 1.165) is 30.9 Å². The summed E-state index contributed by atoms with van der Waals surface area (Å²) >= 11 is 0. The van der Waals surface area contributed by atoms with E-state index in [1.807, 2.05) is 18.2 Å². The smallest absolute Gasteiger partial charge is 0.134 e. The highest BCUT2D eigenvalue weighted by Gasteiger charge is 2.11. The van der Waals surface area contributed by atoms with Crippen LogP contribution in [-0.2, 0) is 19.5 Å². The number of fused-ring (bicyclic) bond motifs is 1. The van der Waals surface area contributed by atoms with Crippen molar-refractivity contribution in [1.82, 2.24) is 5.32 Å². The quantitative estimate of drug-likeness (QED) is 0.744. The Morgan fingerprint density at radius 2 is 1.65 bits per heavy atom. The summed E-state index contributed by atoms with van der Waals surface area (Å²) in [5.41, 5.74) is 3.58. The highest BCUT2D eigenvalue weighted by Crippen LogP contribution is 2.26. The molecule has 0 fully saturated rings. The molecule has 0 atom stereocenters. The summed E-state index contributed by atoms with van der Waals surface area (Å²) in [6, 6.07) is 18.7. The van der Waals surface area contributed by atoms with Gasteiger partial charge in [-0.3, -0.25) is 0 Å². The zero-order chi connectivity index (χ0) is 13.8. The molecule has 0 bridgehead atoms. The Morgan fingerprint density at radius 3 is 2.45 bits per heavy atom. The molecule has 0 amide bonds. The first-order chi connectivity index (χ1) is 9.88. The Hall–Kier alpha value is -2.06. The number of rotatable bonds is 5. The molecular formula is C18H19NO. The summed E-state index contributed by atoms with van der Waals surface area (Å²) < 4.78 is 5.91. The van der Waals surface area contributed by atoms with Crippen molar-refractivity contribution >= 4 is 11.0 Å². The molecule has 2 nitrogen and oxygen atoms in total. The molecule has 0 radical (unpaired) electrons. The molecule has 20 heavy (non-hydrogen) atoms. The van der Waals surface area contributed by atoms with Gasteiger partial charge in [-0.1, -0.05) is 55.5 Å². The predicted octanol–water partition coefficient (Wildman–Crippen LogP) is 4.29. The van der Waals surface area contributed by atoms with Crippen molar-refractivity contribution < 1.29 is 4.42 Å². The summed E-state index contributed by atoms with van der Waals surface area (Å²) in [6.07, 6.45) is 0.928. The maximum Gasteiger partial charge on any atom is 0.134 e. The Kier molecular flexibility index (Phi) is 3.84. The molecule has 3 rings (SSSR count). The number of benzene rings is 2. The average molecular weight is 265 g/mol. The van der Waals surface area contributed by atoms with Gasteiger partial charge in [0.1, 0.15) is 11.3 Å². The van der Waals surface area contributed by atoms with E-state index in [-0.39, 0.29) is 0 Å². The number of furan rings is 1. The molecule has 0 saturated heterocycles. The lowest BCUT2D eigenvalue weighted by Gasteiger charge is -2.05. The summed E-state index contributed by atoms with van der Waals surface area (Å²) in [6.45, 7) is 3.86. The lowest BCUT2D eigenvalue weighted by molar-refractivity contribution is 0.544. The van der Waals surface area contributed by atoms with Gasteiger partial charge >= 0.3 is 0 Å². The summed E-state index contributed by atoms with van der Waals surface area (Å²) in [5, 5.41) is 4.74. The first kappa shape index (κ1) is 12.9. The third-order valence-electron chi connectivity index (χ3n) is 3.58. The first-order valence-corrected chi connectivity index (χ1v) is 7.12. The van der Waals surface area contributed by atoms with E-state index in [1.54, 1.807) is 0 Å². The van der Waals surface area contributed by atoms with E-state index in [0.29, 0.717) is 0 Å². The van der Waals surface area contributed by atoms with E-state index in [4.69, 9.17) is 4.42 Å². The number of nitrogens with one attached hydrogen (secondary N) is 1. The molecule has 0 spiro atoms. The van der Waals surface area contributed by atoms with Gasteiger partial charge < -0.3 is 9.73 Å². The molecule has 0 aliphatic heterocycles. The van der Waals surface area contributed by atoms with Gasteiger partial charge in [0.05, 0.1) is 0 Å². The monoisotopic (exact) mass is 265 g/mol. The van der Waals surface area contributed by atoms with Gasteiger partial charge in [0.15, 0.2) is 0 Å². The van der Waals surface area contributed by atoms with Crippen LogP contribution in [0.25, 0.3) is 11.0 Å². The van der Waals surface area contributed by atoms with Gasteiger partial charge in [-0.25, -0.2) is 0 Å². The van der Waals surface area contributed by atoms with Crippen LogP contribution < -0.4 is 5.32 Å². The number of hydrogen-bond acceptors (Lipinski definition) is 2. The third kappa shape index (κ3) is 2.61. The predicted molar refractivity (Wildman–Crippen MR) is 82.6 cm³/mol. The first-order valence-electron chi connectivity index (χ1n) is 7.12. The van der Waals surface area contributed by atoms with Crippen LogP contribution in [0.5, 0.6) is 0 Å². The van der Waals surface area contributed by atoms with Gasteiger partial charge in [0, 0.05) is 30.5 Å². The lowest BCUT2D eigenvalue weighted by atomic mass is 10.1. The maximum absolute atomic E-state index is 5.91. The second-order valence-corrected chi connectivity index (χ2v) is 4.94. The molecule has 0 saturated carbocycles. The van der Waals surface area contributed by atoms with Crippen LogP contribution in [-0.4, -0.2) is 0 Å². The van der Waals surface area contributed by atoms with Crippen LogP contribution in [0.1, 0.15) is 23.8 Å². The Bertz CT molecular complexity index is 685. The average Bonchev–Trinajstić information content (AvgIpc) is 2.87. The van der Waals surface area contributed by atoms with Gasteiger partial charge in [-0.2, -0.15) is 0 Å². The summed E-state index contributed by atoms with van der Waals surface area (Å²) in [7, 11) is 0. The van der Waals surface area contributed by atoms with Crippen LogP contribution in [0.4, 0.5) is 0 Å². The van der Waals surface area contributed by atoms with Crippen LogP contribution in [0.2, 0.25) is 0 Å². The van der Waals surface area contributed by atoms with E-state index in [1.165, 1.54) is 16.5 Å². The topological polar surface area (TPSA) is 25.2 Å². The third-order valence-corrected chi connectivity index (χ3v) is 3.58. The van der Waals surface area contributed by atoms with Crippen LogP contribution >= 0.6 is 0 Å². The SMILES string of the molecule is CCc1oc2ccccc2c1CNCc1ccccc1. The van der Waals surface area contributed by atoms with Crippen molar-refractivity contribution in [3.8, 4) is 0 Å².